The summed E-state index contributed by atoms with van der Waals surface area (Å²) in [5.74, 6) is 0.726. The van der Waals surface area contributed by atoms with Crippen LogP contribution in [-0.4, -0.2) is 15.9 Å². The summed E-state index contributed by atoms with van der Waals surface area (Å²) in [6.07, 6.45) is 5.85. The Morgan fingerprint density at radius 1 is 1.10 bits per heavy atom. The van der Waals surface area contributed by atoms with Crippen molar-refractivity contribution in [3.63, 3.8) is 0 Å². The SMILES string of the molecule is CCc1cc([C@@H](Nc2ccccn2)c2ccccn2)c(NC(=O)c2ccco2)s1. The van der Waals surface area contributed by atoms with Crippen molar-refractivity contribution in [1.82, 2.24) is 9.97 Å². The van der Waals surface area contributed by atoms with E-state index in [1.54, 1.807) is 35.9 Å². The minimum Gasteiger partial charge on any atom is -0.459 e. The highest BCUT2D eigenvalue weighted by Gasteiger charge is 2.24. The van der Waals surface area contributed by atoms with Gasteiger partial charge in [0, 0.05) is 22.8 Å². The molecule has 0 bridgehead atoms. The van der Waals surface area contributed by atoms with Crippen molar-refractivity contribution in [3.05, 3.63) is 95.1 Å². The van der Waals surface area contributed by atoms with Gasteiger partial charge >= 0.3 is 0 Å². The maximum Gasteiger partial charge on any atom is 0.291 e. The fourth-order valence-corrected chi connectivity index (χ4v) is 4.00. The van der Waals surface area contributed by atoms with E-state index in [9.17, 15) is 4.79 Å². The predicted molar refractivity (Wildman–Crippen MR) is 114 cm³/mol. The molecule has 0 fully saturated rings. The largest absolute Gasteiger partial charge is 0.459 e. The van der Waals surface area contributed by atoms with E-state index in [1.165, 1.54) is 11.1 Å². The van der Waals surface area contributed by atoms with E-state index in [1.807, 2.05) is 36.4 Å². The number of hydrogen-bond acceptors (Lipinski definition) is 6. The summed E-state index contributed by atoms with van der Waals surface area (Å²) in [6.45, 7) is 2.09. The van der Waals surface area contributed by atoms with Crippen molar-refractivity contribution < 1.29 is 9.21 Å². The van der Waals surface area contributed by atoms with E-state index in [4.69, 9.17) is 4.42 Å². The third kappa shape index (κ3) is 4.35. The molecule has 0 aliphatic carbocycles. The Bertz CT molecular complexity index is 1060. The van der Waals surface area contributed by atoms with E-state index in [2.05, 4.69) is 33.6 Å². The summed E-state index contributed by atoms with van der Waals surface area (Å²) in [4.78, 5) is 22.7. The van der Waals surface area contributed by atoms with E-state index < -0.39 is 0 Å². The van der Waals surface area contributed by atoms with Gasteiger partial charge in [-0.15, -0.1) is 11.3 Å². The van der Waals surface area contributed by atoms with Gasteiger partial charge in [0.15, 0.2) is 5.76 Å². The average molecular weight is 404 g/mol. The van der Waals surface area contributed by atoms with Gasteiger partial charge in [-0.2, -0.15) is 0 Å². The molecular formula is C22H20N4O2S. The molecule has 7 heteroatoms. The van der Waals surface area contributed by atoms with Crippen LogP contribution in [0.2, 0.25) is 0 Å². The number of pyridine rings is 2. The lowest BCUT2D eigenvalue weighted by molar-refractivity contribution is 0.0997. The molecule has 29 heavy (non-hydrogen) atoms. The number of nitrogens with one attached hydrogen (secondary N) is 2. The lowest BCUT2D eigenvalue weighted by Crippen LogP contribution is -2.17. The molecule has 0 aromatic carbocycles. The summed E-state index contributed by atoms with van der Waals surface area (Å²) in [5.41, 5.74) is 1.78. The Hall–Kier alpha value is -3.45. The second kappa shape index (κ2) is 8.70. The third-order valence-electron chi connectivity index (χ3n) is 4.38. The number of rotatable bonds is 7. The van der Waals surface area contributed by atoms with E-state index in [0.717, 1.165) is 28.5 Å². The van der Waals surface area contributed by atoms with Crippen LogP contribution in [0.15, 0.2) is 77.7 Å². The van der Waals surface area contributed by atoms with Gasteiger partial charge in [0.1, 0.15) is 10.8 Å². The molecule has 6 nitrogen and oxygen atoms in total. The topological polar surface area (TPSA) is 80.0 Å². The molecular weight excluding hydrogens is 384 g/mol. The summed E-state index contributed by atoms with van der Waals surface area (Å²) in [7, 11) is 0. The Labute approximate surface area is 172 Å². The van der Waals surface area contributed by atoms with Crippen LogP contribution < -0.4 is 10.6 Å². The molecule has 146 valence electrons. The predicted octanol–water partition coefficient (Wildman–Crippen LogP) is 5.15. The number of furan rings is 1. The van der Waals surface area contributed by atoms with E-state index in [0.29, 0.717) is 0 Å². The normalized spacial score (nSPS) is 11.8. The fraction of sp³-hybridized carbons (Fsp3) is 0.136. The molecule has 0 saturated heterocycles. The zero-order valence-corrected chi connectivity index (χ0v) is 16.6. The van der Waals surface area contributed by atoms with Crippen molar-refractivity contribution >= 4 is 28.1 Å². The molecule has 1 amide bonds. The van der Waals surface area contributed by atoms with Gasteiger partial charge < -0.3 is 15.1 Å². The van der Waals surface area contributed by atoms with Crippen molar-refractivity contribution in [2.75, 3.05) is 10.6 Å². The van der Waals surface area contributed by atoms with Crippen LogP contribution in [0.1, 0.15) is 39.7 Å². The lowest BCUT2D eigenvalue weighted by atomic mass is 10.0. The molecule has 0 radical (unpaired) electrons. The van der Waals surface area contributed by atoms with Gasteiger partial charge in [-0.05, 0) is 48.9 Å². The van der Waals surface area contributed by atoms with Crippen molar-refractivity contribution in [1.29, 1.82) is 0 Å². The van der Waals surface area contributed by atoms with Crippen molar-refractivity contribution in [2.24, 2.45) is 0 Å². The number of anilines is 2. The molecule has 1 atom stereocenters. The summed E-state index contributed by atoms with van der Waals surface area (Å²) in [5, 5.41) is 7.22. The van der Waals surface area contributed by atoms with Crippen molar-refractivity contribution in [2.45, 2.75) is 19.4 Å². The first-order valence-corrected chi connectivity index (χ1v) is 10.1. The quantitative estimate of drug-likeness (QED) is 0.445. The first-order chi connectivity index (χ1) is 14.2. The van der Waals surface area contributed by atoms with E-state index >= 15 is 0 Å². The number of nitrogens with zero attached hydrogens (tertiary/aromatic N) is 2. The number of carbonyl (C=O) groups excluding carboxylic acids is 1. The second-order valence-corrected chi connectivity index (χ2v) is 7.47. The van der Waals surface area contributed by atoms with Crippen LogP contribution in [0.4, 0.5) is 10.8 Å². The highest BCUT2D eigenvalue weighted by molar-refractivity contribution is 7.16. The average Bonchev–Trinajstić information content (AvgIpc) is 3.44. The molecule has 4 heterocycles. The zero-order valence-electron chi connectivity index (χ0n) is 15.8. The molecule has 0 unspecified atom stereocenters. The van der Waals surface area contributed by atoms with Gasteiger partial charge in [0.25, 0.3) is 5.91 Å². The van der Waals surface area contributed by atoms with Crippen molar-refractivity contribution in [3.8, 4) is 0 Å². The smallest absolute Gasteiger partial charge is 0.291 e. The van der Waals surface area contributed by atoms with Crippen LogP contribution in [0, 0.1) is 0 Å². The second-order valence-electron chi connectivity index (χ2n) is 6.33. The van der Waals surface area contributed by atoms with Crippen LogP contribution in [0.25, 0.3) is 0 Å². The standard InChI is InChI=1S/C22H20N4O2S/c1-2-15-14-16(22(29-15)26-21(27)18-9-7-13-28-18)20(17-8-3-5-11-23-17)25-19-10-4-6-12-24-19/h3-14,20H,2H2,1H3,(H,24,25)(H,26,27)/t20-/m1/s1. The number of aryl methyl sites for hydroxylation is 1. The number of aromatic nitrogens is 2. The number of thiophene rings is 1. The molecule has 0 saturated carbocycles. The minimum atomic E-state index is -0.279. The maximum absolute atomic E-state index is 12.6. The third-order valence-corrected chi connectivity index (χ3v) is 5.59. The Morgan fingerprint density at radius 2 is 1.93 bits per heavy atom. The van der Waals surface area contributed by atoms with Crippen LogP contribution in [-0.2, 0) is 6.42 Å². The number of amides is 1. The lowest BCUT2D eigenvalue weighted by Gasteiger charge is -2.20. The molecule has 4 aromatic heterocycles. The van der Waals surface area contributed by atoms with Gasteiger partial charge in [-0.3, -0.25) is 9.78 Å². The number of carbonyl (C=O) groups is 1. The Kier molecular flexibility index (Phi) is 5.67. The highest BCUT2D eigenvalue weighted by Crippen LogP contribution is 2.37. The minimum absolute atomic E-state index is 0.269. The van der Waals surface area contributed by atoms with Gasteiger partial charge in [-0.25, -0.2) is 4.98 Å². The fourth-order valence-electron chi connectivity index (χ4n) is 2.97. The van der Waals surface area contributed by atoms with Gasteiger partial charge in [-0.1, -0.05) is 19.1 Å². The summed E-state index contributed by atoms with van der Waals surface area (Å²) >= 11 is 1.56. The van der Waals surface area contributed by atoms with Gasteiger partial charge in [0.2, 0.25) is 0 Å². The van der Waals surface area contributed by atoms with Crippen LogP contribution >= 0.6 is 11.3 Å². The summed E-state index contributed by atoms with van der Waals surface area (Å²) < 4.78 is 5.24. The van der Waals surface area contributed by atoms with Crippen LogP contribution in [0.5, 0.6) is 0 Å². The van der Waals surface area contributed by atoms with Gasteiger partial charge in [0.05, 0.1) is 18.0 Å². The number of hydrogen-bond donors (Lipinski definition) is 2. The molecule has 4 rings (SSSR count). The monoisotopic (exact) mass is 404 g/mol. The highest BCUT2D eigenvalue weighted by atomic mass is 32.1. The summed E-state index contributed by atoms with van der Waals surface area (Å²) in [6, 6.07) is 16.7. The Morgan fingerprint density at radius 3 is 2.59 bits per heavy atom. The Balaban J connectivity index is 1.73. The molecule has 0 aliphatic heterocycles. The molecule has 4 aromatic rings. The first kappa shape index (κ1) is 18.9. The molecule has 0 aliphatic rings. The maximum atomic E-state index is 12.6. The van der Waals surface area contributed by atoms with Crippen LogP contribution in [0.3, 0.4) is 0 Å². The zero-order chi connectivity index (χ0) is 20.1. The molecule has 0 spiro atoms. The molecule has 2 N–H and O–H groups in total. The van der Waals surface area contributed by atoms with E-state index in [-0.39, 0.29) is 17.7 Å². The first-order valence-electron chi connectivity index (χ1n) is 9.30.